The van der Waals surface area contributed by atoms with Crippen LogP contribution in [0.15, 0.2) is 18.3 Å². The van der Waals surface area contributed by atoms with Gasteiger partial charge in [0, 0.05) is 31.0 Å². The molecule has 1 aromatic heterocycles. The van der Waals surface area contributed by atoms with Crippen molar-refractivity contribution in [3.8, 4) is 6.19 Å². The number of hydrogen-bond acceptors (Lipinski definition) is 2. The number of aromatic nitrogens is 1. The minimum atomic E-state index is 0.455. The van der Waals surface area contributed by atoms with Crippen molar-refractivity contribution in [3.05, 3.63) is 29.0 Å². The fraction of sp³-hybridized carbons (Fsp3) is 0.300. The molecule has 15 heavy (non-hydrogen) atoms. The van der Waals surface area contributed by atoms with Crippen LogP contribution < -0.4 is 5.32 Å². The summed E-state index contributed by atoms with van der Waals surface area (Å²) in [5.41, 5.74) is 0.940. The standard InChI is InChI=1S/C10H11ClN4/c1-8(13-2)15(7-12)6-9-3-4-10(11)14-5-9/h3-5H,6H2,1-2H3/p+1. The molecular formula is C10H12ClN4+. The number of nitrogens with one attached hydrogen (secondary N) is 1. The Morgan fingerprint density at radius 3 is 2.87 bits per heavy atom. The Labute approximate surface area is 93.8 Å². The van der Waals surface area contributed by atoms with Crippen LogP contribution in [0.3, 0.4) is 0 Å². The summed E-state index contributed by atoms with van der Waals surface area (Å²) in [4.78, 5) is 3.95. The van der Waals surface area contributed by atoms with E-state index in [1.165, 1.54) is 0 Å². The van der Waals surface area contributed by atoms with Crippen molar-refractivity contribution in [1.29, 1.82) is 5.26 Å². The molecule has 78 valence electrons. The van der Waals surface area contributed by atoms with Crippen LogP contribution in [0, 0.1) is 11.5 Å². The number of nitriles is 1. The molecule has 0 unspecified atom stereocenters. The molecule has 0 saturated heterocycles. The van der Waals surface area contributed by atoms with Crippen LogP contribution in [0.25, 0.3) is 0 Å². The molecule has 0 fully saturated rings. The SMILES string of the molecule is CNC(C)=[N+](C#N)Cc1ccc(Cl)nc1. The van der Waals surface area contributed by atoms with E-state index in [0.717, 1.165) is 11.4 Å². The highest BCUT2D eigenvalue weighted by atomic mass is 35.5. The zero-order valence-corrected chi connectivity index (χ0v) is 9.41. The minimum Gasteiger partial charge on any atom is -0.312 e. The topological polar surface area (TPSA) is 51.7 Å². The lowest BCUT2D eigenvalue weighted by Gasteiger charge is -2.02. The first-order chi connectivity index (χ1) is 7.17. The Hall–Kier alpha value is -1.60. The summed E-state index contributed by atoms with van der Waals surface area (Å²) in [7, 11) is 1.78. The van der Waals surface area contributed by atoms with Gasteiger partial charge in [0.1, 0.15) is 11.7 Å². The molecule has 0 atom stereocenters. The zero-order chi connectivity index (χ0) is 11.3. The summed E-state index contributed by atoms with van der Waals surface area (Å²) in [6.45, 7) is 2.33. The molecule has 0 aliphatic rings. The number of rotatable bonds is 2. The molecule has 0 aliphatic carbocycles. The molecule has 0 aliphatic heterocycles. The van der Waals surface area contributed by atoms with Gasteiger partial charge in [0.15, 0.2) is 0 Å². The summed E-state index contributed by atoms with van der Waals surface area (Å²) in [6.07, 6.45) is 3.75. The van der Waals surface area contributed by atoms with E-state index in [0.29, 0.717) is 11.7 Å². The maximum Gasteiger partial charge on any atom is 0.370 e. The van der Waals surface area contributed by atoms with E-state index in [9.17, 15) is 0 Å². The third kappa shape index (κ3) is 3.22. The van der Waals surface area contributed by atoms with Gasteiger partial charge in [-0.05, 0) is 6.07 Å². The Morgan fingerprint density at radius 1 is 1.67 bits per heavy atom. The van der Waals surface area contributed by atoms with Crippen molar-refractivity contribution in [2.45, 2.75) is 13.5 Å². The van der Waals surface area contributed by atoms with E-state index in [1.807, 2.05) is 13.0 Å². The second kappa shape index (κ2) is 5.32. The van der Waals surface area contributed by atoms with Gasteiger partial charge < -0.3 is 5.32 Å². The van der Waals surface area contributed by atoms with Crippen LogP contribution in [0.5, 0.6) is 0 Å². The van der Waals surface area contributed by atoms with Crippen molar-refractivity contribution in [2.75, 3.05) is 7.05 Å². The minimum absolute atomic E-state index is 0.455. The molecule has 1 N–H and O–H groups in total. The molecule has 0 bridgehead atoms. The third-order valence-corrected chi connectivity index (χ3v) is 2.24. The lowest BCUT2D eigenvalue weighted by Crippen LogP contribution is -2.25. The highest BCUT2D eigenvalue weighted by molar-refractivity contribution is 6.29. The largest absolute Gasteiger partial charge is 0.370 e. The molecular weight excluding hydrogens is 212 g/mol. The average Bonchev–Trinajstić information content (AvgIpc) is 2.27. The second-order valence-electron chi connectivity index (χ2n) is 3.01. The van der Waals surface area contributed by atoms with E-state index in [1.54, 1.807) is 23.9 Å². The molecule has 0 radical (unpaired) electrons. The van der Waals surface area contributed by atoms with Crippen molar-refractivity contribution in [2.24, 2.45) is 0 Å². The van der Waals surface area contributed by atoms with Gasteiger partial charge in [0.2, 0.25) is 5.84 Å². The van der Waals surface area contributed by atoms with Gasteiger partial charge in [-0.3, -0.25) is 0 Å². The van der Waals surface area contributed by atoms with Crippen LogP contribution in [0.4, 0.5) is 0 Å². The Balaban J connectivity index is 2.86. The maximum atomic E-state index is 8.91. The van der Waals surface area contributed by atoms with E-state index in [4.69, 9.17) is 16.9 Å². The summed E-state index contributed by atoms with van der Waals surface area (Å²) < 4.78 is 1.55. The molecule has 0 amide bonds. The quantitative estimate of drug-likeness (QED) is 0.206. The Kier molecular flexibility index (Phi) is 4.07. The number of pyridine rings is 1. The summed E-state index contributed by atoms with van der Waals surface area (Å²) >= 11 is 5.66. The van der Waals surface area contributed by atoms with Crippen molar-refractivity contribution in [3.63, 3.8) is 0 Å². The van der Waals surface area contributed by atoms with Gasteiger partial charge in [-0.2, -0.15) is 4.58 Å². The predicted molar refractivity (Wildman–Crippen MR) is 58.6 cm³/mol. The summed E-state index contributed by atoms with van der Waals surface area (Å²) in [5, 5.41) is 12.3. The average molecular weight is 224 g/mol. The first-order valence-electron chi connectivity index (χ1n) is 4.46. The summed E-state index contributed by atoms with van der Waals surface area (Å²) in [6, 6.07) is 3.56. The molecule has 0 aromatic carbocycles. The zero-order valence-electron chi connectivity index (χ0n) is 8.66. The van der Waals surface area contributed by atoms with Gasteiger partial charge in [0.25, 0.3) is 0 Å². The number of nitrogens with zero attached hydrogens (tertiary/aromatic N) is 3. The molecule has 4 nitrogen and oxygen atoms in total. The lowest BCUT2D eigenvalue weighted by atomic mass is 10.3. The first kappa shape index (κ1) is 11.5. The fourth-order valence-electron chi connectivity index (χ4n) is 1.05. The van der Waals surface area contributed by atoms with Gasteiger partial charge in [-0.15, -0.1) is 0 Å². The second-order valence-corrected chi connectivity index (χ2v) is 3.40. The monoisotopic (exact) mass is 223 g/mol. The van der Waals surface area contributed by atoms with Crippen molar-refractivity contribution < 1.29 is 4.58 Å². The van der Waals surface area contributed by atoms with E-state index in [-0.39, 0.29) is 0 Å². The number of amidine groups is 1. The molecule has 5 heteroatoms. The van der Waals surface area contributed by atoms with E-state index in [2.05, 4.69) is 16.5 Å². The van der Waals surface area contributed by atoms with Gasteiger partial charge in [-0.25, -0.2) is 4.98 Å². The van der Waals surface area contributed by atoms with Gasteiger partial charge in [0.05, 0.1) is 0 Å². The Bertz CT molecular complexity index is 402. The smallest absolute Gasteiger partial charge is 0.312 e. The van der Waals surface area contributed by atoms with Crippen molar-refractivity contribution >= 4 is 17.4 Å². The predicted octanol–water partition coefficient (Wildman–Crippen LogP) is 1.37. The molecule has 0 saturated carbocycles. The maximum absolute atomic E-state index is 8.91. The van der Waals surface area contributed by atoms with Gasteiger partial charge in [-0.1, -0.05) is 17.7 Å². The van der Waals surface area contributed by atoms with Crippen LogP contribution in [0.1, 0.15) is 12.5 Å². The van der Waals surface area contributed by atoms with Crippen LogP contribution in [-0.4, -0.2) is 22.4 Å². The van der Waals surface area contributed by atoms with Gasteiger partial charge >= 0.3 is 6.19 Å². The molecule has 1 aromatic rings. The van der Waals surface area contributed by atoms with Crippen LogP contribution in [-0.2, 0) is 6.54 Å². The van der Waals surface area contributed by atoms with Crippen LogP contribution in [0.2, 0.25) is 5.15 Å². The number of hydrogen-bond donors (Lipinski definition) is 1. The molecule has 1 heterocycles. The lowest BCUT2D eigenvalue weighted by molar-refractivity contribution is -0.459. The highest BCUT2D eigenvalue weighted by Gasteiger charge is 2.05. The normalized spacial score (nSPS) is 11.6. The first-order valence-corrected chi connectivity index (χ1v) is 4.84. The van der Waals surface area contributed by atoms with Crippen molar-refractivity contribution in [1.82, 2.24) is 10.3 Å². The fourth-order valence-corrected chi connectivity index (χ4v) is 1.16. The Morgan fingerprint density at radius 2 is 2.40 bits per heavy atom. The van der Waals surface area contributed by atoms with E-state index < -0.39 is 0 Å². The van der Waals surface area contributed by atoms with E-state index >= 15 is 0 Å². The molecule has 1 rings (SSSR count). The summed E-state index contributed by atoms with van der Waals surface area (Å²) in [5.74, 6) is 0.799. The number of halogens is 1. The molecule has 0 spiro atoms. The third-order valence-electron chi connectivity index (χ3n) is 2.02. The van der Waals surface area contributed by atoms with Crippen LogP contribution >= 0.6 is 11.6 Å². The highest BCUT2D eigenvalue weighted by Crippen LogP contribution is 2.05.